The number of rotatable bonds is 27. The molecule has 0 fully saturated rings. The largest absolute Gasteiger partial charge is 0.465 e. The fraction of sp³-hybridized carbons (Fsp3) is 0.853. The molecule has 0 amide bonds. The Kier molecular flexibility index (Phi) is 25.7. The van der Waals surface area contributed by atoms with Crippen LogP contribution in [0.5, 0.6) is 0 Å². The Morgan fingerprint density at radius 1 is 0.610 bits per heavy atom. The lowest BCUT2D eigenvalue weighted by molar-refractivity contribution is -0.153. The quantitative estimate of drug-likeness (QED) is 0.0420. The Labute approximate surface area is 252 Å². The van der Waals surface area contributed by atoms with Crippen LogP contribution in [0.1, 0.15) is 138 Å². The first kappa shape index (κ1) is 39.1. The molecule has 3 atom stereocenters. The van der Waals surface area contributed by atoms with Crippen molar-refractivity contribution in [2.75, 3.05) is 32.8 Å². The minimum absolute atomic E-state index is 0.157. The van der Waals surface area contributed by atoms with Gasteiger partial charge < -0.3 is 14.2 Å². The van der Waals surface area contributed by atoms with Gasteiger partial charge in [-0.3, -0.25) is 19.3 Å². The molecule has 0 aromatic rings. The van der Waals surface area contributed by atoms with E-state index in [1.807, 2.05) is 6.08 Å². The second kappa shape index (κ2) is 27.0. The van der Waals surface area contributed by atoms with Crippen LogP contribution < -0.4 is 0 Å². The van der Waals surface area contributed by atoms with Crippen LogP contribution >= 0.6 is 0 Å². The molecule has 0 aliphatic carbocycles. The smallest absolute Gasteiger partial charge is 0.320 e. The lowest BCUT2D eigenvalue weighted by atomic mass is 9.99. The highest BCUT2D eigenvalue weighted by atomic mass is 16.5. The minimum atomic E-state index is -0.459. The Balaban J connectivity index is 5.02. The summed E-state index contributed by atoms with van der Waals surface area (Å²) in [6, 6.07) is 0. The maximum Gasteiger partial charge on any atom is 0.320 e. The van der Waals surface area contributed by atoms with E-state index in [0.717, 1.165) is 57.8 Å². The summed E-state index contributed by atoms with van der Waals surface area (Å²) in [7, 11) is 0. The first-order chi connectivity index (χ1) is 19.7. The number of allylic oxidation sites excluding steroid dienone is 1. The van der Waals surface area contributed by atoms with Crippen LogP contribution in [0.2, 0.25) is 0 Å². The van der Waals surface area contributed by atoms with Crippen molar-refractivity contribution in [1.82, 2.24) is 4.90 Å². The Bertz CT molecular complexity index is 663. The van der Waals surface area contributed by atoms with Crippen LogP contribution in [-0.2, 0) is 28.6 Å². The molecular formula is C34H63NO6. The Morgan fingerprint density at radius 3 is 1.54 bits per heavy atom. The van der Waals surface area contributed by atoms with Gasteiger partial charge in [0.1, 0.15) is 6.10 Å². The Hall–Kier alpha value is -1.89. The number of nitrogens with zero attached hydrogens (tertiary/aromatic N) is 1. The molecule has 0 aliphatic heterocycles. The molecule has 0 aromatic heterocycles. The predicted molar refractivity (Wildman–Crippen MR) is 168 cm³/mol. The number of hydrogen-bond donors (Lipinski definition) is 0. The number of unbranched alkanes of at least 4 members (excludes halogenated alkanes) is 10. The summed E-state index contributed by atoms with van der Waals surface area (Å²) < 4.78 is 16.7. The van der Waals surface area contributed by atoms with E-state index in [-0.39, 0.29) is 25.7 Å². The highest BCUT2D eigenvalue weighted by Crippen LogP contribution is 2.16. The van der Waals surface area contributed by atoms with Gasteiger partial charge >= 0.3 is 17.9 Å². The van der Waals surface area contributed by atoms with E-state index >= 15 is 0 Å². The summed E-state index contributed by atoms with van der Waals surface area (Å²) in [6.07, 6.45) is 19.7. The van der Waals surface area contributed by atoms with Gasteiger partial charge in [0.15, 0.2) is 0 Å². The normalized spacial score (nSPS) is 13.7. The van der Waals surface area contributed by atoms with Crippen molar-refractivity contribution in [2.45, 2.75) is 144 Å². The third-order valence-electron chi connectivity index (χ3n) is 7.49. The van der Waals surface area contributed by atoms with E-state index in [2.05, 4.69) is 47.6 Å². The highest BCUT2D eigenvalue weighted by molar-refractivity contribution is 5.78. The molecule has 0 saturated carbocycles. The van der Waals surface area contributed by atoms with Gasteiger partial charge in [-0.1, -0.05) is 125 Å². The van der Waals surface area contributed by atoms with Crippen molar-refractivity contribution in [2.24, 2.45) is 11.8 Å². The maximum atomic E-state index is 13.0. The van der Waals surface area contributed by atoms with Crippen LogP contribution in [-0.4, -0.2) is 61.8 Å². The molecule has 0 heterocycles. The zero-order valence-electron chi connectivity index (χ0n) is 27.4. The molecule has 7 heteroatoms. The van der Waals surface area contributed by atoms with Crippen molar-refractivity contribution in [3.8, 4) is 0 Å². The fourth-order valence-corrected chi connectivity index (χ4v) is 4.33. The molecule has 0 N–H and O–H groups in total. The summed E-state index contributed by atoms with van der Waals surface area (Å²) in [6.45, 7) is 13.1. The number of hydrogen-bond acceptors (Lipinski definition) is 7. The molecule has 240 valence electrons. The maximum absolute atomic E-state index is 13.0. The molecule has 3 unspecified atom stereocenters. The lowest BCUT2D eigenvalue weighted by Gasteiger charge is -2.23. The van der Waals surface area contributed by atoms with E-state index in [1.54, 1.807) is 0 Å². The zero-order chi connectivity index (χ0) is 30.7. The third-order valence-corrected chi connectivity index (χ3v) is 7.49. The van der Waals surface area contributed by atoms with E-state index in [4.69, 9.17) is 14.2 Å². The number of ether oxygens (including phenoxy) is 3. The lowest BCUT2D eigenvalue weighted by Crippen LogP contribution is -2.40. The summed E-state index contributed by atoms with van der Waals surface area (Å²) in [5.74, 6) is -0.544. The van der Waals surface area contributed by atoms with Crippen molar-refractivity contribution in [3.63, 3.8) is 0 Å². The topological polar surface area (TPSA) is 82.1 Å². The van der Waals surface area contributed by atoms with E-state index in [9.17, 15) is 14.4 Å². The van der Waals surface area contributed by atoms with Crippen LogP contribution in [0.15, 0.2) is 12.2 Å². The summed E-state index contributed by atoms with van der Waals surface area (Å²) in [4.78, 5) is 39.6. The van der Waals surface area contributed by atoms with E-state index in [1.165, 1.54) is 43.4 Å². The molecular weight excluding hydrogens is 518 g/mol. The van der Waals surface area contributed by atoms with Gasteiger partial charge in [0.05, 0.1) is 32.8 Å². The van der Waals surface area contributed by atoms with Crippen LogP contribution in [0, 0.1) is 11.8 Å². The van der Waals surface area contributed by atoms with Gasteiger partial charge in [0.2, 0.25) is 0 Å². The van der Waals surface area contributed by atoms with E-state index in [0.29, 0.717) is 25.0 Å². The number of carbonyl (C=O) groups is 3. The van der Waals surface area contributed by atoms with Gasteiger partial charge in [-0.05, 0) is 37.2 Å². The second-order valence-corrected chi connectivity index (χ2v) is 11.7. The molecule has 0 saturated heterocycles. The van der Waals surface area contributed by atoms with Crippen LogP contribution in [0.3, 0.4) is 0 Å². The minimum Gasteiger partial charge on any atom is -0.465 e. The standard InChI is InChI=1S/C34H63NO6/c1-7-11-13-15-17-19-23-39-32(36)26-35(27-33(37)40-24-20-18-16-14-12-8-2)28-34(38)41-31(25-30(6)10-4)22-21-29(5)9-3/h21-22,29-31H,7-20,23-28H2,1-6H3/b22-21-. The molecule has 0 rings (SSSR count). The highest BCUT2D eigenvalue weighted by Gasteiger charge is 2.22. The molecule has 0 aromatic carbocycles. The van der Waals surface area contributed by atoms with Crippen LogP contribution in [0.25, 0.3) is 0 Å². The SMILES string of the molecule is CCCCCCCCOC(=O)CN(CC(=O)OCCCCCCCC)CC(=O)OC(/C=C\C(C)CC)CC(C)CC. The van der Waals surface area contributed by atoms with Crippen molar-refractivity contribution < 1.29 is 28.6 Å². The predicted octanol–water partition coefficient (Wildman–Crippen LogP) is 8.05. The van der Waals surface area contributed by atoms with E-state index < -0.39 is 17.9 Å². The monoisotopic (exact) mass is 581 g/mol. The van der Waals surface area contributed by atoms with Gasteiger partial charge in [-0.25, -0.2) is 0 Å². The summed E-state index contributed by atoms with van der Waals surface area (Å²) in [5.41, 5.74) is 0. The average Bonchev–Trinajstić information content (AvgIpc) is 2.94. The molecule has 7 nitrogen and oxygen atoms in total. The second-order valence-electron chi connectivity index (χ2n) is 11.7. The fourth-order valence-electron chi connectivity index (χ4n) is 4.33. The molecule has 41 heavy (non-hydrogen) atoms. The Morgan fingerprint density at radius 2 is 1.07 bits per heavy atom. The average molecular weight is 582 g/mol. The van der Waals surface area contributed by atoms with Gasteiger partial charge in [0, 0.05) is 0 Å². The van der Waals surface area contributed by atoms with Crippen molar-refractivity contribution >= 4 is 17.9 Å². The van der Waals surface area contributed by atoms with Gasteiger partial charge in [-0.15, -0.1) is 0 Å². The molecule has 0 aliphatic rings. The van der Waals surface area contributed by atoms with Crippen molar-refractivity contribution in [1.29, 1.82) is 0 Å². The summed E-state index contributed by atoms with van der Waals surface area (Å²) in [5, 5.41) is 0. The molecule has 0 bridgehead atoms. The number of esters is 3. The molecule has 0 radical (unpaired) electrons. The van der Waals surface area contributed by atoms with Crippen LogP contribution in [0.4, 0.5) is 0 Å². The third kappa shape index (κ3) is 24.4. The van der Waals surface area contributed by atoms with Crippen molar-refractivity contribution in [3.05, 3.63) is 12.2 Å². The zero-order valence-corrected chi connectivity index (χ0v) is 27.4. The first-order valence-electron chi connectivity index (χ1n) is 16.7. The molecule has 0 spiro atoms. The van der Waals surface area contributed by atoms with Gasteiger partial charge in [-0.2, -0.15) is 0 Å². The summed E-state index contributed by atoms with van der Waals surface area (Å²) >= 11 is 0. The first-order valence-corrected chi connectivity index (χ1v) is 16.7. The van der Waals surface area contributed by atoms with Gasteiger partial charge in [0.25, 0.3) is 0 Å². The number of carbonyl (C=O) groups excluding carboxylic acids is 3.